The largest absolute Gasteiger partial charge is 0.357 e. The lowest BCUT2D eigenvalue weighted by Crippen LogP contribution is -2.50. The third kappa shape index (κ3) is 6.19. The standard InChI is InChI=1S/C26H27Cl2N3O4S/c1-18-9-7-8-10-20(18)16-30(19(2)26(33)29-3)25(32)17-31(21-13-14-23(27)24(28)15-21)36(34,35)22-11-5-4-6-12-22/h4-15,19H,16-17H2,1-3H3,(H,29,33)/t19-/m1/s1. The molecule has 0 aliphatic carbocycles. The number of amides is 2. The lowest BCUT2D eigenvalue weighted by molar-refractivity contribution is -0.139. The maximum Gasteiger partial charge on any atom is 0.264 e. The number of anilines is 1. The van der Waals surface area contributed by atoms with Crippen molar-refractivity contribution in [1.29, 1.82) is 0 Å². The van der Waals surface area contributed by atoms with Gasteiger partial charge in [-0.2, -0.15) is 0 Å². The first-order valence-electron chi connectivity index (χ1n) is 11.1. The van der Waals surface area contributed by atoms with Crippen molar-refractivity contribution in [2.24, 2.45) is 0 Å². The number of nitrogens with one attached hydrogen (secondary N) is 1. The van der Waals surface area contributed by atoms with E-state index < -0.39 is 28.5 Å². The van der Waals surface area contributed by atoms with Crippen molar-refractivity contribution in [3.63, 3.8) is 0 Å². The van der Waals surface area contributed by atoms with Gasteiger partial charge in [0.15, 0.2) is 0 Å². The Kier molecular flexibility index (Phi) is 9.00. The molecule has 0 radical (unpaired) electrons. The van der Waals surface area contributed by atoms with E-state index in [9.17, 15) is 18.0 Å². The molecular weight excluding hydrogens is 521 g/mol. The predicted octanol–water partition coefficient (Wildman–Crippen LogP) is 4.66. The molecule has 0 aliphatic rings. The zero-order valence-corrected chi connectivity index (χ0v) is 22.4. The van der Waals surface area contributed by atoms with Crippen LogP contribution in [0.25, 0.3) is 0 Å². The normalized spacial score (nSPS) is 12.0. The van der Waals surface area contributed by atoms with Crippen LogP contribution in [-0.2, 0) is 26.2 Å². The topological polar surface area (TPSA) is 86.8 Å². The summed E-state index contributed by atoms with van der Waals surface area (Å²) in [6.07, 6.45) is 0. The van der Waals surface area contributed by atoms with E-state index in [2.05, 4.69) is 5.32 Å². The number of likely N-dealkylation sites (N-methyl/N-ethyl adjacent to an activating group) is 1. The second-order valence-electron chi connectivity index (χ2n) is 8.16. The van der Waals surface area contributed by atoms with Gasteiger partial charge in [-0.05, 0) is 55.3 Å². The summed E-state index contributed by atoms with van der Waals surface area (Å²) in [5.74, 6) is -0.927. The number of halogens is 2. The highest BCUT2D eigenvalue weighted by molar-refractivity contribution is 7.92. The summed E-state index contributed by atoms with van der Waals surface area (Å²) >= 11 is 12.2. The van der Waals surface area contributed by atoms with E-state index in [-0.39, 0.29) is 33.1 Å². The van der Waals surface area contributed by atoms with Crippen LogP contribution in [0.4, 0.5) is 5.69 Å². The van der Waals surface area contributed by atoms with E-state index >= 15 is 0 Å². The molecule has 0 unspecified atom stereocenters. The zero-order valence-electron chi connectivity index (χ0n) is 20.1. The lowest BCUT2D eigenvalue weighted by Gasteiger charge is -2.32. The van der Waals surface area contributed by atoms with Gasteiger partial charge in [-0.25, -0.2) is 8.42 Å². The average Bonchev–Trinajstić information content (AvgIpc) is 2.87. The maximum atomic E-state index is 13.7. The fraction of sp³-hybridized carbons (Fsp3) is 0.231. The van der Waals surface area contributed by atoms with Crippen molar-refractivity contribution >= 4 is 50.7 Å². The minimum atomic E-state index is -4.16. The van der Waals surface area contributed by atoms with E-state index in [1.165, 1.54) is 42.3 Å². The van der Waals surface area contributed by atoms with Gasteiger partial charge in [-0.15, -0.1) is 0 Å². The Balaban J connectivity index is 2.06. The Labute approximate surface area is 221 Å². The van der Waals surface area contributed by atoms with Gasteiger partial charge in [0.2, 0.25) is 11.8 Å². The highest BCUT2D eigenvalue weighted by Crippen LogP contribution is 2.31. The molecular formula is C26H27Cl2N3O4S. The number of carbonyl (C=O) groups excluding carboxylic acids is 2. The van der Waals surface area contributed by atoms with Crippen molar-refractivity contribution in [1.82, 2.24) is 10.2 Å². The monoisotopic (exact) mass is 547 g/mol. The van der Waals surface area contributed by atoms with E-state index in [4.69, 9.17) is 23.2 Å². The molecule has 2 amide bonds. The first-order chi connectivity index (χ1) is 17.1. The molecule has 3 aromatic carbocycles. The summed E-state index contributed by atoms with van der Waals surface area (Å²) in [6, 6.07) is 18.8. The van der Waals surface area contributed by atoms with E-state index in [1.807, 2.05) is 31.2 Å². The van der Waals surface area contributed by atoms with Gasteiger partial charge in [0, 0.05) is 13.6 Å². The number of carbonyl (C=O) groups is 2. The Morgan fingerprint density at radius 2 is 1.58 bits per heavy atom. The Hall–Kier alpha value is -3.07. The molecule has 7 nitrogen and oxygen atoms in total. The summed E-state index contributed by atoms with van der Waals surface area (Å²) in [5, 5.41) is 2.95. The van der Waals surface area contributed by atoms with Crippen molar-refractivity contribution in [2.75, 3.05) is 17.9 Å². The van der Waals surface area contributed by atoms with Crippen LogP contribution < -0.4 is 9.62 Å². The summed E-state index contributed by atoms with van der Waals surface area (Å²) in [4.78, 5) is 27.6. The highest BCUT2D eigenvalue weighted by atomic mass is 35.5. The van der Waals surface area contributed by atoms with Crippen molar-refractivity contribution in [3.05, 3.63) is 94.0 Å². The van der Waals surface area contributed by atoms with Gasteiger partial charge in [0.1, 0.15) is 12.6 Å². The molecule has 3 aromatic rings. The SMILES string of the molecule is CNC(=O)[C@@H](C)N(Cc1ccccc1C)C(=O)CN(c1ccc(Cl)c(Cl)c1)S(=O)(=O)c1ccccc1. The number of hydrogen-bond acceptors (Lipinski definition) is 4. The Bertz CT molecular complexity index is 1350. The molecule has 0 fully saturated rings. The van der Waals surface area contributed by atoms with Crippen LogP contribution in [0.1, 0.15) is 18.1 Å². The number of aryl methyl sites for hydroxylation is 1. The molecule has 0 saturated heterocycles. The van der Waals surface area contributed by atoms with Crippen LogP contribution in [0.2, 0.25) is 10.0 Å². The van der Waals surface area contributed by atoms with Gasteiger partial charge in [-0.3, -0.25) is 13.9 Å². The van der Waals surface area contributed by atoms with Gasteiger partial charge in [0.25, 0.3) is 10.0 Å². The van der Waals surface area contributed by atoms with E-state index in [1.54, 1.807) is 25.1 Å². The fourth-order valence-corrected chi connectivity index (χ4v) is 5.37. The molecule has 1 N–H and O–H groups in total. The molecule has 0 saturated carbocycles. The number of rotatable bonds is 9. The van der Waals surface area contributed by atoms with Gasteiger partial charge in [-0.1, -0.05) is 65.7 Å². The number of hydrogen-bond donors (Lipinski definition) is 1. The minimum absolute atomic E-state index is 0.00803. The van der Waals surface area contributed by atoms with Gasteiger partial charge in [0.05, 0.1) is 20.6 Å². The summed E-state index contributed by atoms with van der Waals surface area (Å²) in [7, 11) is -2.68. The minimum Gasteiger partial charge on any atom is -0.357 e. The highest BCUT2D eigenvalue weighted by Gasteiger charge is 2.32. The van der Waals surface area contributed by atoms with Crippen LogP contribution in [0.3, 0.4) is 0 Å². The van der Waals surface area contributed by atoms with Crippen LogP contribution in [0, 0.1) is 6.92 Å². The molecule has 10 heteroatoms. The quantitative estimate of drug-likeness (QED) is 0.422. The second kappa shape index (κ2) is 11.8. The molecule has 0 spiro atoms. The first-order valence-corrected chi connectivity index (χ1v) is 13.3. The molecule has 190 valence electrons. The first kappa shape index (κ1) is 27.5. The number of nitrogens with zero attached hydrogens (tertiary/aromatic N) is 2. The number of benzene rings is 3. The van der Waals surface area contributed by atoms with Crippen LogP contribution in [-0.4, -0.2) is 44.8 Å². The third-order valence-corrected chi connectivity index (χ3v) is 8.34. The molecule has 0 heterocycles. The summed E-state index contributed by atoms with van der Waals surface area (Å²) in [6.45, 7) is 3.08. The predicted molar refractivity (Wildman–Crippen MR) is 143 cm³/mol. The summed E-state index contributed by atoms with van der Waals surface area (Å²) in [5.41, 5.74) is 1.95. The second-order valence-corrected chi connectivity index (χ2v) is 10.8. The molecule has 0 bridgehead atoms. The maximum absolute atomic E-state index is 13.7. The molecule has 36 heavy (non-hydrogen) atoms. The smallest absolute Gasteiger partial charge is 0.264 e. The van der Waals surface area contributed by atoms with Crippen molar-refractivity contribution in [2.45, 2.75) is 31.3 Å². The summed E-state index contributed by atoms with van der Waals surface area (Å²) < 4.78 is 28.3. The zero-order chi connectivity index (χ0) is 26.5. The molecule has 3 rings (SSSR count). The lowest BCUT2D eigenvalue weighted by atomic mass is 10.1. The average molecular weight is 548 g/mol. The van der Waals surface area contributed by atoms with E-state index in [0.29, 0.717) is 0 Å². The van der Waals surface area contributed by atoms with Crippen molar-refractivity contribution in [3.8, 4) is 0 Å². The third-order valence-electron chi connectivity index (χ3n) is 5.82. The van der Waals surface area contributed by atoms with Crippen molar-refractivity contribution < 1.29 is 18.0 Å². The molecule has 0 aliphatic heterocycles. The number of sulfonamides is 1. The van der Waals surface area contributed by atoms with E-state index in [0.717, 1.165) is 15.4 Å². The van der Waals surface area contributed by atoms with Gasteiger partial charge < -0.3 is 10.2 Å². The molecule has 1 atom stereocenters. The molecule has 0 aromatic heterocycles. The Morgan fingerprint density at radius 3 is 2.19 bits per heavy atom. The fourth-order valence-electron chi connectivity index (χ4n) is 3.65. The van der Waals surface area contributed by atoms with Crippen LogP contribution in [0.15, 0.2) is 77.7 Å². The Morgan fingerprint density at radius 1 is 0.944 bits per heavy atom. The van der Waals surface area contributed by atoms with Gasteiger partial charge >= 0.3 is 0 Å². The van der Waals surface area contributed by atoms with Crippen LogP contribution in [0.5, 0.6) is 0 Å². The van der Waals surface area contributed by atoms with Crippen LogP contribution >= 0.6 is 23.2 Å².